The molecule has 1 aromatic heterocycles. The number of likely N-dealkylation sites (tertiary alicyclic amines) is 1. The minimum absolute atomic E-state index is 0.0489. The summed E-state index contributed by atoms with van der Waals surface area (Å²) in [7, 11) is 1.63. The SMILES string of the molecule is COc1ccccc1CCC(=O)Nc1cnn(CC(=O)N2CCCC(c3ccccc3)C2)c1. The molecular weight excluding hydrogens is 416 g/mol. The Balaban J connectivity index is 1.27. The first-order valence-corrected chi connectivity index (χ1v) is 11.4. The number of anilines is 1. The highest BCUT2D eigenvalue weighted by Crippen LogP contribution is 2.27. The predicted molar refractivity (Wildman–Crippen MR) is 127 cm³/mol. The maximum atomic E-state index is 12.9. The first-order valence-electron chi connectivity index (χ1n) is 11.4. The molecule has 33 heavy (non-hydrogen) atoms. The van der Waals surface area contributed by atoms with Gasteiger partial charge in [-0.05, 0) is 36.5 Å². The van der Waals surface area contributed by atoms with E-state index in [9.17, 15) is 9.59 Å². The normalized spacial score (nSPS) is 15.8. The molecule has 1 N–H and O–H groups in total. The van der Waals surface area contributed by atoms with E-state index in [-0.39, 0.29) is 18.4 Å². The third-order valence-corrected chi connectivity index (χ3v) is 6.07. The van der Waals surface area contributed by atoms with Gasteiger partial charge in [-0.1, -0.05) is 48.5 Å². The predicted octanol–water partition coefficient (Wildman–Crippen LogP) is 3.87. The van der Waals surface area contributed by atoms with Crippen LogP contribution in [0.4, 0.5) is 5.69 Å². The van der Waals surface area contributed by atoms with Gasteiger partial charge in [0.05, 0.1) is 19.0 Å². The van der Waals surface area contributed by atoms with Crippen molar-refractivity contribution >= 4 is 17.5 Å². The van der Waals surface area contributed by atoms with Crippen molar-refractivity contribution in [3.63, 3.8) is 0 Å². The van der Waals surface area contributed by atoms with Gasteiger partial charge < -0.3 is 15.0 Å². The molecule has 4 rings (SSSR count). The number of amides is 2. The van der Waals surface area contributed by atoms with E-state index in [1.807, 2.05) is 47.4 Å². The van der Waals surface area contributed by atoms with E-state index in [1.54, 1.807) is 24.2 Å². The number of carbonyl (C=O) groups excluding carboxylic acids is 2. The number of benzene rings is 2. The zero-order chi connectivity index (χ0) is 23.0. The molecule has 172 valence electrons. The van der Waals surface area contributed by atoms with E-state index in [2.05, 4.69) is 22.5 Å². The highest BCUT2D eigenvalue weighted by Gasteiger charge is 2.25. The molecule has 0 radical (unpaired) electrons. The Hall–Kier alpha value is -3.61. The standard InChI is InChI=1S/C26H30N4O3/c1-33-24-12-6-5-10-21(24)13-14-25(31)28-23-16-27-30(18-23)19-26(32)29-15-7-11-22(17-29)20-8-3-2-4-9-20/h2-6,8-10,12,16,18,22H,7,11,13-15,17,19H2,1H3,(H,28,31). The Kier molecular flexibility index (Phi) is 7.40. The molecule has 7 heteroatoms. The van der Waals surface area contributed by atoms with Gasteiger partial charge in [-0.15, -0.1) is 0 Å². The molecule has 0 spiro atoms. The van der Waals surface area contributed by atoms with Crippen LogP contribution in [0.5, 0.6) is 5.75 Å². The van der Waals surface area contributed by atoms with Gasteiger partial charge in [0, 0.05) is 31.6 Å². The molecule has 1 aliphatic rings. The zero-order valence-electron chi connectivity index (χ0n) is 18.9. The number of carbonyl (C=O) groups is 2. The van der Waals surface area contributed by atoms with E-state index in [1.165, 1.54) is 5.56 Å². The monoisotopic (exact) mass is 446 g/mol. The Labute approximate surface area is 194 Å². The van der Waals surface area contributed by atoms with E-state index in [0.29, 0.717) is 24.4 Å². The molecule has 1 unspecified atom stereocenters. The van der Waals surface area contributed by atoms with Crippen molar-refractivity contribution in [2.75, 3.05) is 25.5 Å². The van der Waals surface area contributed by atoms with Gasteiger partial charge in [-0.25, -0.2) is 0 Å². The number of methoxy groups -OCH3 is 1. The maximum Gasteiger partial charge on any atom is 0.244 e. The second-order valence-electron chi connectivity index (χ2n) is 8.38. The third kappa shape index (κ3) is 6.00. The largest absolute Gasteiger partial charge is 0.496 e. The molecular formula is C26H30N4O3. The lowest BCUT2D eigenvalue weighted by Gasteiger charge is -2.33. The van der Waals surface area contributed by atoms with E-state index in [0.717, 1.165) is 37.2 Å². The molecule has 0 bridgehead atoms. The summed E-state index contributed by atoms with van der Waals surface area (Å²) in [5, 5.41) is 7.12. The van der Waals surface area contributed by atoms with E-state index in [4.69, 9.17) is 4.74 Å². The van der Waals surface area contributed by atoms with Crippen molar-refractivity contribution in [3.8, 4) is 5.75 Å². The summed E-state index contributed by atoms with van der Waals surface area (Å²) in [6.45, 7) is 1.67. The molecule has 7 nitrogen and oxygen atoms in total. The first-order chi connectivity index (χ1) is 16.1. The number of hydrogen-bond donors (Lipinski definition) is 1. The molecule has 2 heterocycles. The number of nitrogens with one attached hydrogen (secondary N) is 1. The lowest BCUT2D eigenvalue weighted by molar-refractivity contribution is -0.133. The van der Waals surface area contributed by atoms with Gasteiger partial charge in [-0.3, -0.25) is 14.3 Å². The van der Waals surface area contributed by atoms with Crippen LogP contribution in [0, 0.1) is 0 Å². The maximum absolute atomic E-state index is 12.9. The molecule has 0 aliphatic carbocycles. The fourth-order valence-electron chi connectivity index (χ4n) is 4.34. The molecule has 2 aromatic carbocycles. The Morgan fingerprint density at radius 2 is 1.91 bits per heavy atom. The van der Waals surface area contributed by atoms with Gasteiger partial charge in [0.15, 0.2) is 0 Å². The van der Waals surface area contributed by atoms with Crippen LogP contribution in [0.3, 0.4) is 0 Å². The van der Waals surface area contributed by atoms with Gasteiger partial charge >= 0.3 is 0 Å². The third-order valence-electron chi connectivity index (χ3n) is 6.07. The van der Waals surface area contributed by atoms with Crippen LogP contribution in [-0.2, 0) is 22.6 Å². The number of hydrogen-bond acceptors (Lipinski definition) is 4. The topological polar surface area (TPSA) is 76.5 Å². The molecule has 1 atom stereocenters. The number of aryl methyl sites for hydroxylation is 1. The van der Waals surface area contributed by atoms with Gasteiger partial charge in [-0.2, -0.15) is 5.10 Å². The molecule has 0 saturated carbocycles. The van der Waals surface area contributed by atoms with Gasteiger partial charge in [0.1, 0.15) is 12.3 Å². The van der Waals surface area contributed by atoms with Crippen LogP contribution in [-0.4, -0.2) is 46.7 Å². The van der Waals surface area contributed by atoms with Gasteiger partial charge in [0.25, 0.3) is 0 Å². The number of ether oxygens (including phenoxy) is 1. The minimum Gasteiger partial charge on any atom is -0.496 e. The number of para-hydroxylation sites is 1. The van der Waals surface area contributed by atoms with Crippen molar-refractivity contribution in [2.45, 2.75) is 38.1 Å². The second kappa shape index (κ2) is 10.8. The Bertz CT molecular complexity index is 1080. The summed E-state index contributed by atoms with van der Waals surface area (Å²) < 4.78 is 6.92. The van der Waals surface area contributed by atoms with Crippen LogP contribution >= 0.6 is 0 Å². The van der Waals surface area contributed by atoms with Crippen molar-refractivity contribution in [3.05, 3.63) is 78.1 Å². The summed E-state index contributed by atoms with van der Waals surface area (Å²) in [5.74, 6) is 1.10. The Morgan fingerprint density at radius 3 is 2.73 bits per heavy atom. The molecule has 1 aliphatic heterocycles. The smallest absolute Gasteiger partial charge is 0.244 e. The summed E-state index contributed by atoms with van der Waals surface area (Å²) in [5.41, 5.74) is 2.87. The summed E-state index contributed by atoms with van der Waals surface area (Å²) >= 11 is 0. The number of rotatable bonds is 8. The molecule has 3 aromatic rings. The van der Waals surface area contributed by atoms with Crippen LogP contribution in [0.2, 0.25) is 0 Å². The number of nitrogens with zero attached hydrogens (tertiary/aromatic N) is 3. The summed E-state index contributed by atoms with van der Waals surface area (Å²) in [6.07, 6.45) is 6.30. The highest BCUT2D eigenvalue weighted by molar-refractivity contribution is 5.90. The van der Waals surface area contributed by atoms with Crippen LogP contribution in [0.1, 0.15) is 36.3 Å². The zero-order valence-corrected chi connectivity index (χ0v) is 18.9. The van der Waals surface area contributed by atoms with E-state index >= 15 is 0 Å². The lowest BCUT2D eigenvalue weighted by atomic mass is 9.90. The molecule has 2 amide bonds. The second-order valence-corrected chi connectivity index (χ2v) is 8.38. The van der Waals surface area contributed by atoms with Crippen LogP contribution < -0.4 is 10.1 Å². The first kappa shape index (κ1) is 22.6. The Morgan fingerprint density at radius 1 is 1.12 bits per heavy atom. The minimum atomic E-state index is -0.103. The van der Waals surface area contributed by atoms with Crippen molar-refractivity contribution in [1.82, 2.24) is 14.7 Å². The average Bonchev–Trinajstić information content (AvgIpc) is 3.30. The van der Waals surface area contributed by atoms with Crippen molar-refractivity contribution < 1.29 is 14.3 Å². The molecule has 1 saturated heterocycles. The van der Waals surface area contributed by atoms with Gasteiger partial charge in [0.2, 0.25) is 11.8 Å². The van der Waals surface area contributed by atoms with Crippen LogP contribution in [0.15, 0.2) is 67.0 Å². The van der Waals surface area contributed by atoms with E-state index < -0.39 is 0 Å². The van der Waals surface area contributed by atoms with Crippen molar-refractivity contribution in [1.29, 1.82) is 0 Å². The fourth-order valence-corrected chi connectivity index (χ4v) is 4.34. The summed E-state index contributed by atoms with van der Waals surface area (Å²) in [6, 6.07) is 18.1. The highest BCUT2D eigenvalue weighted by atomic mass is 16.5. The number of piperidine rings is 1. The fraction of sp³-hybridized carbons (Fsp3) is 0.346. The van der Waals surface area contributed by atoms with Crippen LogP contribution in [0.25, 0.3) is 0 Å². The van der Waals surface area contributed by atoms with Crippen molar-refractivity contribution in [2.24, 2.45) is 0 Å². The summed E-state index contributed by atoms with van der Waals surface area (Å²) in [4.78, 5) is 27.2. The molecule has 1 fully saturated rings. The average molecular weight is 447 g/mol. The lowest BCUT2D eigenvalue weighted by Crippen LogP contribution is -2.40. The number of aromatic nitrogens is 2. The quantitative estimate of drug-likeness (QED) is 0.570.